The normalized spacial score (nSPS) is 10.8. The number of benzene rings is 2. The molecule has 1 heterocycles. The maximum absolute atomic E-state index is 12.6. The Labute approximate surface area is 143 Å². The lowest BCUT2D eigenvalue weighted by atomic mass is 10.1. The first-order chi connectivity index (χ1) is 11.0. The zero-order chi connectivity index (χ0) is 16.6. The fourth-order valence-electron chi connectivity index (χ4n) is 2.45. The quantitative estimate of drug-likeness (QED) is 0.687. The minimum atomic E-state index is -0.192. The zero-order valence-electron chi connectivity index (χ0n) is 13.1. The number of carbonyl (C=O) groups excluding carboxylic acids is 1. The molecule has 0 atom stereocenters. The van der Waals surface area contributed by atoms with Crippen LogP contribution in [-0.4, -0.2) is 13.0 Å². The van der Waals surface area contributed by atoms with Crippen molar-refractivity contribution in [3.05, 3.63) is 57.4 Å². The van der Waals surface area contributed by atoms with Gasteiger partial charge in [0.05, 0.1) is 12.1 Å². The minimum Gasteiger partial charge on any atom is -0.497 e. The van der Waals surface area contributed by atoms with E-state index in [9.17, 15) is 4.79 Å². The summed E-state index contributed by atoms with van der Waals surface area (Å²) >= 11 is 7.75. The van der Waals surface area contributed by atoms with Gasteiger partial charge in [-0.05, 0) is 43.7 Å². The first-order valence-corrected chi connectivity index (χ1v) is 8.33. The summed E-state index contributed by atoms with van der Waals surface area (Å²) in [6.07, 6.45) is 0. The van der Waals surface area contributed by atoms with Crippen LogP contribution in [0.1, 0.15) is 20.8 Å². The van der Waals surface area contributed by atoms with E-state index in [0.29, 0.717) is 9.90 Å². The van der Waals surface area contributed by atoms with Gasteiger partial charge in [-0.3, -0.25) is 4.79 Å². The maximum atomic E-state index is 12.6. The highest BCUT2D eigenvalue weighted by Crippen LogP contribution is 2.37. The molecule has 0 bridgehead atoms. The van der Waals surface area contributed by atoms with Gasteiger partial charge in [0.1, 0.15) is 10.6 Å². The molecule has 0 aliphatic heterocycles. The fraction of sp³-hybridized carbons (Fsp3) is 0.167. The van der Waals surface area contributed by atoms with E-state index < -0.39 is 0 Å². The third-order valence-electron chi connectivity index (χ3n) is 3.67. The van der Waals surface area contributed by atoms with Crippen molar-refractivity contribution in [2.75, 3.05) is 12.4 Å². The molecule has 0 aliphatic rings. The van der Waals surface area contributed by atoms with Gasteiger partial charge < -0.3 is 10.1 Å². The standard InChI is InChI=1S/C18H16ClNO2S/c1-10-4-7-14(11(2)8-10)20-18(21)17-16(19)13-6-5-12(22-3)9-15(13)23-17/h4-9H,1-3H3,(H,20,21). The third kappa shape index (κ3) is 3.05. The predicted octanol–water partition coefficient (Wildman–Crippen LogP) is 5.43. The number of nitrogens with one attached hydrogen (secondary N) is 1. The van der Waals surface area contributed by atoms with Crippen molar-refractivity contribution in [1.82, 2.24) is 0 Å². The molecule has 3 aromatic rings. The monoisotopic (exact) mass is 345 g/mol. The molecule has 1 amide bonds. The van der Waals surface area contributed by atoms with Gasteiger partial charge in [-0.2, -0.15) is 0 Å². The maximum Gasteiger partial charge on any atom is 0.267 e. The number of methoxy groups -OCH3 is 1. The SMILES string of the molecule is COc1ccc2c(Cl)c(C(=O)Nc3ccc(C)cc3C)sc2c1. The number of hydrogen-bond donors (Lipinski definition) is 1. The number of thiophene rings is 1. The summed E-state index contributed by atoms with van der Waals surface area (Å²) in [6, 6.07) is 11.5. The van der Waals surface area contributed by atoms with Gasteiger partial charge in [-0.25, -0.2) is 0 Å². The topological polar surface area (TPSA) is 38.3 Å². The molecule has 0 aliphatic carbocycles. The van der Waals surface area contributed by atoms with Gasteiger partial charge in [0.2, 0.25) is 0 Å². The van der Waals surface area contributed by atoms with Gasteiger partial charge in [-0.15, -0.1) is 11.3 Å². The Balaban J connectivity index is 1.95. The number of hydrogen-bond acceptors (Lipinski definition) is 3. The van der Waals surface area contributed by atoms with Crippen LogP contribution < -0.4 is 10.1 Å². The summed E-state index contributed by atoms with van der Waals surface area (Å²) in [5, 5.41) is 4.29. The molecule has 0 saturated heterocycles. The number of anilines is 1. The molecule has 2 aromatic carbocycles. The lowest BCUT2D eigenvalue weighted by Crippen LogP contribution is -2.11. The average Bonchev–Trinajstić information content (AvgIpc) is 2.86. The van der Waals surface area contributed by atoms with Crippen molar-refractivity contribution in [2.45, 2.75) is 13.8 Å². The Kier molecular flexibility index (Phi) is 4.28. The number of halogens is 1. The predicted molar refractivity (Wildman–Crippen MR) is 97.3 cm³/mol. The number of rotatable bonds is 3. The van der Waals surface area contributed by atoms with Crippen LogP contribution in [0.2, 0.25) is 5.02 Å². The van der Waals surface area contributed by atoms with Crippen LogP contribution in [0.5, 0.6) is 5.75 Å². The highest BCUT2D eigenvalue weighted by molar-refractivity contribution is 7.21. The molecule has 23 heavy (non-hydrogen) atoms. The van der Waals surface area contributed by atoms with Crippen molar-refractivity contribution in [2.24, 2.45) is 0 Å². The highest BCUT2D eigenvalue weighted by Gasteiger charge is 2.18. The van der Waals surface area contributed by atoms with Crippen molar-refractivity contribution < 1.29 is 9.53 Å². The Morgan fingerprint density at radius 2 is 1.96 bits per heavy atom. The van der Waals surface area contributed by atoms with E-state index in [1.807, 2.05) is 50.2 Å². The van der Waals surface area contributed by atoms with E-state index in [1.54, 1.807) is 7.11 Å². The summed E-state index contributed by atoms with van der Waals surface area (Å²) in [4.78, 5) is 13.1. The number of aryl methyl sites for hydroxylation is 2. The molecule has 5 heteroatoms. The van der Waals surface area contributed by atoms with Crippen LogP contribution in [0.3, 0.4) is 0 Å². The summed E-state index contributed by atoms with van der Waals surface area (Å²) in [6.45, 7) is 3.99. The van der Waals surface area contributed by atoms with Gasteiger partial charge in [0.25, 0.3) is 5.91 Å². The first-order valence-electron chi connectivity index (χ1n) is 7.14. The second-order valence-corrected chi connectivity index (χ2v) is 6.81. The number of fused-ring (bicyclic) bond motifs is 1. The largest absolute Gasteiger partial charge is 0.497 e. The molecule has 118 valence electrons. The first kappa shape index (κ1) is 15.8. The lowest BCUT2D eigenvalue weighted by molar-refractivity contribution is 0.103. The lowest BCUT2D eigenvalue weighted by Gasteiger charge is -2.08. The van der Waals surface area contributed by atoms with Crippen molar-refractivity contribution in [1.29, 1.82) is 0 Å². The second-order valence-electron chi connectivity index (χ2n) is 5.38. The number of ether oxygens (including phenoxy) is 1. The van der Waals surface area contributed by atoms with E-state index in [4.69, 9.17) is 16.3 Å². The van der Waals surface area contributed by atoms with Crippen LogP contribution in [0.25, 0.3) is 10.1 Å². The Bertz CT molecular complexity index is 901. The molecule has 0 fully saturated rings. The van der Waals surface area contributed by atoms with Gasteiger partial charge in [0.15, 0.2) is 0 Å². The molecule has 3 nitrogen and oxygen atoms in total. The molecule has 0 unspecified atom stereocenters. The summed E-state index contributed by atoms with van der Waals surface area (Å²) in [7, 11) is 1.62. The molecule has 1 aromatic heterocycles. The van der Waals surface area contributed by atoms with Crippen LogP contribution in [0.4, 0.5) is 5.69 Å². The van der Waals surface area contributed by atoms with Gasteiger partial charge in [-0.1, -0.05) is 29.3 Å². The summed E-state index contributed by atoms with van der Waals surface area (Å²) < 4.78 is 6.15. The zero-order valence-corrected chi connectivity index (χ0v) is 14.6. The molecule has 0 radical (unpaired) electrons. The molecular formula is C18H16ClNO2S. The summed E-state index contributed by atoms with van der Waals surface area (Å²) in [5.74, 6) is 0.555. The van der Waals surface area contributed by atoms with Crippen LogP contribution >= 0.6 is 22.9 Å². The van der Waals surface area contributed by atoms with Crippen molar-refractivity contribution >= 4 is 44.6 Å². The average molecular weight is 346 g/mol. The Morgan fingerprint density at radius 3 is 2.65 bits per heavy atom. The number of carbonyl (C=O) groups is 1. The van der Waals surface area contributed by atoms with E-state index in [1.165, 1.54) is 11.3 Å². The second kappa shape index (κ2) is 6.22. The van der Waals surface area contributed by atoms with E-state index >= 15 is 0 Å². The molecule has 1 N–H and O–H groups in total. The fourth-order valence-corrected chi connectivity index (χ4v) is 3.89. The van der Waals surface area contributed by atoms with Crippen LogP contribution in [0.15, 0.2) is 36.4 Å². The van der Waals surface area contributed by atoms with E-state index in [2.05, 4.69) is 5.32 Å². The van der Waals surface area contributed by atoms with Crippen LogP contribution in [0, 0.1) is 13.8 Å². The molecule has 3 rings (SSSR count). The Morgan fingerprint density at radius 1 is 1.17 bits per heavy atom. The van der Waals surface area contributed by atoms with Crippen molar-refractivity contribution in [3.63, 3.8) is 0 Å². The van der Waals surface area contributed by atoms with Crippen LogP contribution in [-0.2, 0) is 0 Å². The van der Waals surface area contributed by atoms with Gasteiger partial charge >= 0.3 is 0 Å². The number of amides is 1. The van der Waals surface area contributed by atoms with Crippen molar-refractivity contribution in [3.8, 4) is 5.75 Å². The molecular weight excluding hydrogens is 330 g/mol. The van der Waals surface area contributed by atoms with Gasteiger partial charge in [0, 0.05) is 15.8 Å². The molecule has 0 spiro atoms. The highest BCUT2D eigenvalue weighted by atomic mass is 35.5. The minimum absolute atomic E-state index is 0.192. The Hall–Kier alpha value is -2.04. The molecule has 0 saturated carbocycles. The van der Waals surface area contributed by atoms with E-state index in [0.717, 1.165) is 32.6 Å². The smallest absolute Gasteiger partial charge is 0.267 e. The third-order valence-corrected chi connectivity index (χ3v) is 5.33. The summed E-state index contributed by atoms with van der Waals surface area (Å²) in [5.41, 5.74) is 2.98. The van der Waals surface area contributed by atoms with E-state index in [-0.39, 0.29) is 5.91 Å².